The summed E-state index contributed by atoms with van der Waals surface area (Å²) in [7, 11) is 0. The fourth-order valence-corrected chi connectivity index (χ4v) is 2.66. The van der Waals surface area contributed by atoms with Gasteiger partial charge in [0.2, 0.25) is 5.43 Å². The molecule has 3 aromatic rings. The van der Waals surface area contributed by atoms with Gasteiger partial charge in [-0.05, 0) is 43.3 Å². The van der Waals surface area contributed by atoms with Crippen molar-refractivity contribution in [2.45, 2.75) is 13.1 Å². The van der Waals surface area contributed by atoms with Crippen LogP contribution in [0.2, 0.25) is 0 Å². The first-order valence-corrected chi connectivity index (χ1v) is 8.35. The Labute approximate surface area is 163 Å². The van der Waals surface area contributed by atoms with Crippen LogP contribution >= 0.6 is 0 Å². The minimum absolute atomic E-state index is 0.0701. The van der Waals surface area contributed by atoms with Crippen LogP contribution in [0, 0.1) is 19.3 Å². The highest BCUT2D eigenvalue weighted by molar-refractivity contribution is 6.02. The summed E-state index contributed by atoms with van der Waals surface area (Å²) >= 11 is 0. The van der Waals surface area contributed by atoms with Crippen molar-refractivity contribution in [3.63, 3.8) is 0 Å². The Kier molecular flexibility index (Phi) is 5.24. The molecule has 1 aromatic heterocycles. The van der Waals surface area contributed by atoms with Gasteiger partial charge in [0, 0.05) is 23.0 Å². The van der Waals surface area contributed by atoms with Gasteiger partial charge in [-0.1, -0.05) is 18.1 Å². The lowest BCUT2D eigenvalue weighted by atomic mass is 10.2. The normalized spacial score (nSPS) is 11.0. The van der Waals surface area contributed by atoms with Crippen molar-refractivity contribution in [1.82, 2.24) is 9.78 Å². The molecule has 0 saturated heterocycles. The first kappa shape index (κ1) is 19.9. The number of aromatic nitrogens is 2. The fourth-order valence-electron chi connectivity index (χ4n) is 2.66. The molecule has 0 saturated carbocycles. The standard InChI is InChI=1S/C21H14F3N3O2/c1-3-14-6-4-8-16(11-14)25-20(29)19-18(28)10-13(2)27(26-19)17-9-5-7-15(12-17)21(22,23)24/h1,4-12H,2H3,(H,25,29). The predicted molar refractivity (Wildman–Crippen MR) is 102 cm³/mol. The maximum Gasteiger partial charge on any atom is 0.416 e. The number of alkyl halides is 3. The summed E-state index contributed by atoms with van der Waals surface area (Å²) in [6.45, 7) is 1.51. The van der Waals surface area contributed by atoms with Crippen molar-refractivity contribution in [2.24, 2.45) is 0 Å². The van der Waals surface area contributed by atoms with E-state index in [1.807, 2.05) is 0 Å². The third-order valence-corrected chi connectivity index (χ3v) is 4.03. The Bertz CT molecular complexity index is 1190. The average Bonchev–Trinajstić information content (AvgIpc) is 2.67. The second kappa shape index (κ2) is 7.64. The van der Waals surface area contributed by atoms with Crippen LogP contribution in [-0.4, -0.2) is 15.7 Å². The van der Waals surface area contributed by atoms with E-state index in [2.05, 4.69) is 16.3 Å². The van der Waals surface area contributed by atoms with Gasteiger partial charge in [0.05, 0.1) is 11.3 Å². The number of nitrogens with one attached hydrogen (secondary N) is 1. The molecule has 29 heavy (non-hydrogen) atoms. The average molecular weight is 397 g/mol. The lowest BCUT2D eigenvalue weighted by Gasteiger charge is -2.13. The number of halogens is 3. The van der Waals surface area contributed by atoms with Crippen LogP contribution in [0.25, 0.3) is 5.69 Å². The predicted octanol–water partition coefficient (Wildman–Crippen LogP) is 3.79. The van der Waals surface area contributed by atoms with Crippen molar-refractivity contribution >= 4 is 11.6 Å². The molecule has 3 rings (SSSR count). The number of hydrogen-bond donors (Lipinski definition) is 1. The number of hydrogen-bond acceptors (Lipinski definition) is 3. The lowest BCUT2D eigenvalue weighted by molar-refractivity contribution is -0.137. The van der Waals surface area contributed by atoms with Crippen molar-refractivity contribution < 1.29 is 18.0 Å². The van der Waals surface area contributed by atoms with E-state index in [9.17, 15) is 22.8 Å². The number of carbonyl (C=O) groups is 1. The molecule has 146 valence electrons. The summed E-state index contributed by atoms with van der Waals surface area (Å²) in [6, 6.07) is 12.0. The van der Waals surface area contributed by atoms with Crippen LogP contribution in [0.4, 0.5) is 18.9 Å². The molecule has 0 atom stereocenters. The molecule has 8 heteroatoms. The van der Waals surface area contributed by atoms with Crippen LogP contribution in [-0.2, 0) is 6.18 Å². The van der Waals surface area contributed by atoms with E-state index in [-0.39, 0.29) is 11.4 Å². The third-order valence-electron chi connectivity index (χ3n) is 4.03. The number of nitrogens with zero attached hydrogens (tertiary/aromatic N) is 2. The van der Waals surface area contributed by atoms with Crippen molar-refractivity contribution in [2.75, 3.05) is 5.32 Å². The zero-order valence-corrected chi connectivity index (χ0v) is 15.1. The number of terminal acetylenes is 1. The molecule has 5 nitrogen and oxygen atoms in total. The summed E-state index contributed by atoms with van der Waals surface area (Å²) in [4.78, 5) is 24.8. The van der Waals surface area contributed by atoms with Crippen molar-refractivity contribution in [1.29, 1.82) is 0 Å². The van der Waals surface area contributed by atoms with E-state index >= 15 is 0 Å². The van der Waals surface area contributed by atoms with E-state index in [1.54, 1.807) is 18.2 Å². The highest BCUT2D eigenvalue weighted by atomic mass is 19.4. The van der Waals surface area contributed by atoms with Gasteiger partial charge in [0.15, 0.2) is 5.69 Å². The topological polar surface area (TPSA) is 64.0 Å². The minimum atomic E-state index is -4.54. The number of aryl methyl sites for hydroxylation is 1. The molecule has 0 radical (unpaired) electrons. The second-order valence-corrected chi connectivity index (χ2v) is 6.14. The highest BCUT2D eigenvalue weighted by Gasteiger charge is 2.30. The summed E-state index contributed by atoms with van der Waals surface area (Å²) in [6.07, 6.45) is 0.783. The maximum absolute atomic E-state index is 13.0. The first-order valence-electron chi connectivity index (χ1n) is 8.35. The molecule has 2 aromatic carbocycles. The molecule has 0 fully saturated rings. The van der Waals surface area contributed by atoms with E-state index < -0.39 is 28.8 Å². The number of anilines is 1. The minimum Gasteiger partial charge on any atom is -0.320 e. The van der Waals surface area contributed by atoms with E-state index in [0.29, 0.717) is 11.3 Å². The number of carbonyl (C=O) groups excluding carboxylic acids is 1. The number of rotatable bonds is 3. The smallest absolute Gasteiger partial charge is 0.320 e. The summed E-state index contributed by atoms with van der Waals surface area (Å²) in [5.41, 5.74) is -0.748. The summed E-state index contributed by atoms with van der Waals surface area (Å²) < 4.78 is 40.1. The molecule has 1 N–H and O–H groups in total. The van der Waals surface area contributed by atoms with Gasteiger partial charge >= 0.3 is 6.18 Å². The first-order chi connectivity index (χ1) is 13.7. The van der Waals surface area contributed by atoms with E-state index in [0.717, 1.165) is 22.9 Å². The molecule has 0 spiro atoms. The molecule has 1 amide bonds. The largest absolute Gasteiger partial charge is 0.416 e. The molecular weight excluding hydrogens is 383 g/mol. The number of benzene rings is 2. The van der Waals surface area contributed by atoms with Crippen LogP contribution in [0.3, 0.4) is 0 Å². The van der Waals surface area contributed by atoms with Crippen molar-refractivity contribution in [3.05, 3.63) is 87.3 Å². The molecule has 0 bridgehead atoms. The molecular formula is C21H14F3N3O2. The Morgan fingerprint density at radius 1 is 1.14 bits per heavy atom. The van der Waals surface area contributed by atoms with Gasteiger partial charge in [0.1, 0.15) is 0 Å². The van der Waals surface area contributed by atoms with Crippen molar-refractivity contribution in [3.8, 4) is 18.0 Å². The Morgan fingerprint density at radius 2 is 1.86 bits per heavy atom. The van der Waals surface area contributed by atoms with Crippen LogP contribution in [0.1, 0.15) is 27.3 Å². The monoisotopic (exact) mass is 397 g/mol. The van der Waals surface area contributed by atoms with E-state index in [4.69, 9.17) is 6.42 Å². The Morgan fingerprint density at radius 3 is 2.55 bits per heavy atom. The number of amides is 1. The second-order valence-electron chi connectivity index (χ2n) is 6.14. The Hall–Kier alpha value is -3.86. The molecule has 0 aliphatic carbocycles. The molecule has 1 heterocycles. The van der Waals surface area contributed by atoms with Crippen LogP contribution in [0.15, 0.2) is 59.4 Å². The third kappa shape index (κ3) is 4.35. The quantitative estimate of drug-likeness (QED) is 0.684. The Balaban J connectivity index is 2.01. The van der Waals surface area contributed by atoms with Gasteiger partial charge in [0.25, 0.3) is 5.91 Å². The SMILES string of the molecule is C#Cc1cccc(NC(=O)c2nn(-c3cccc(C(F)(F)F)c3)c(C)cc2=O)c1. The summed E-state index contributed by atoms with van der Waals surface area (Å²) in [5.74, 6) is 1.62. The molecule has 0 unspecified atom stereocenters. The zero-order valence-electron chi connectivity index (χ0n) is 15.1. The zero-order chi connectivity index (χ0) is 21.2. The molecule has 0 aliphatic rings. The molecule has 0 aliphatic heterocycles. The fraction of sp³-hybridized carbons (Fsp3) is 0.0952. The van der Waals surface area contributed by atoms with Gasteiger partial charge < -0.3 is 5.32 Å². The van der Waals surface area contributed by atoms with Gasteiger partial charge in [-0.15, -0.1) is 6.42 Å². The van der Waals surface area contributed by atoms with Gasteiger partial charge in [-0.25, -0.2) is 4.68 Å². The van der Waals surface area contributed by atoms with Gasteiger partial charge in [-0.2, -0.15) is 18.3 Å². The highest BCUT2D eigenvalue weighted by Crippen LogP contribution is 2.30. The van der Waals surface area contributed by atoms with Gasteiger partial charge in [-0.3, -0.25) is 9.59 Å². The maximum atomic E-state index is 13.0. The lowest BCUT2D eigenvalue weighted by Crippen LogP contribution is -2.27. The van der Waals surface area contributed by atoms with Crippen LogP contribution < -0.4 is 10.7 Å². The van der Waals surface area contributed by atoms with Crippen LogP contribution in [0.5, 0.6) is 0 Å². The summed E-state index contributed by atoms with van der Waals surface area (Å²) in [5, 5.41) is 6.51. The van der Waals surface area contributed by atoms with E-state index in [1.165, 1.54) is 25.1 Å².